The fourth-order valence-electron chi connectivity index (χ4n) is 3.33. The second-order valence-electron chi connectivity index (χ2n) is 7.58. The Morgan fingerprint density at radius 1 is 0.879 bits per heavy atom. The summed E-state index contributed by atoms with van der Waals surface area (Å²) in [4.78, 5) is 16.6. The summed E-state index contributed by atoms with van der Waals surface area (Å²) in [6.45, 7) is 4.81. The number of rotatable bonds is 8. The van der Waals surface area contributed by atoms with Gasteiger partial charge >= 0.3 is 5.97 Å². The number of nitrogens with zero attached hydrogens (tertiary/aromatic N) is 1. The molecule has 0 saturated heterocycles. The van der Waals surface area contributed by atoms with Gasteiger partial charge in [-0.05, 0) is 66.9 Å². The maximum atomic E-state index is 12.2. The molecule has 0 N–H and O–H groups in total. The van der Waals surface area contributed by atoms with Gasteiger partial charge in [-0.2, -0.15) is 0 Å². The van der Waals surface area contributed by atoms with Crippen LogP contribution in [0.1, 0.15) is 22.3 Å². The first-order valence-electron chi connectivity index (χ1n) is 10.6. The molecule has 0 aromatic heterocycles. The van der Waals surface area contributed by atoms with Crippen molar-refractivity contribution in [3.8, 4) is 17.2 Å². The number of aryl methyl sites for hydroxylation is 2. The summed E-state index contributed by atoms with van der Waals surface area (Å²) in [6.07, 6.45) is 1.66. The molecule has 33 heavy (non-hydrogen) atoms. The van der Waals surface area contributed by atoms with Crippen molar-refractivity contribution in [3.05, 3.63) is 94.7 Å². The minimum absolute atomic E-state index is 0.228. The van der Waals surface area contributed by atoms with Gasteiger partial charge in [-0.3, -0.25) is 0 Å². The molecule has 3 aromatic rings. The molecule has 0 spiro atoms. The van der Waals surface area contributed by atoms with Crippen molar-refractivity contribution in [3.63, 3.8) is 0 Å². The Hall–Kier alpha value is -4.06. The normalized spacial score (nSPS) is 14.1. The Morgan fingerprint density at radius 2 is 1.64 bits per heavy atom. The third-order valence-corrected chi connectivity index (χ3v) is 5.07. The molecule has 0 aliphatic carbocycles. The summed E-state index contributed by atoms with van der Waals surface area (Å²) < 4.78 is 22.5. The molecule has 0 atom stereocenters. The van der Waals surface area contributed by atoms with Crippen molar-refractivity contribution in [2.45, 2.75) is 13.8 Å². The third-order valence-electron chi connectivity index (χ3n) is 5.07. The predicted octanol–water partition coefficient (Wildman–Crippen LogP) is 5.11. The molecule has 0 saturated carbocycles. The molecular weight excluding hydrogens is 418 g/mol. The van der Waals surface area contributed by atoms with Gasteiger partial charge in [0.25, 0.3) is 0 Å². The summed E-state index contributed by atoms with van der Waals surface area (Å²) in [5.41, 5.74) is 3.95. The number of cyclic esters (lactones) is 1. The molecule has 168 valence electrons. The highest BCUT2D eigenvalue weighted by Gasteiger charge is 2.24. The monoisotopic (exact) mass is 443 g/mol. The summed E-state index contributed by atoms with van der Waals surface area (Å²) in [6, 6.07) is 20.8. The summed E-state index contributed by atoms with van der Waals surface area (Å²) >= 11 is 0. The lowest BCUT2D eigenvalue weighted by Crippen LogP contribution is -2.10. The number of aliphatic imine (C=N–C) groups is 1. The zero-order valence-electron chi connectivity index (χ0n) is 18.8. The van der Waals surface area contributed by atoms with Crippen LogP contribution in [-0.2, 0) is 9.53 Å². The molecule has 1 aliphatic heterocycles. The topological polar surface area (TPSA) is 66.4 Å². The minimum atomic E-state index is -0.489. The second-order valence-corrected chi connectivity index (χ2v) is 7.58. The zero-order chi connectivity index (χ0) is 23.2. The first kappa shape index (κ1) is 22.1. The average molecular weight is 443 g/mol. The van der Waals surface area contributed by atoms with Crippen molar-refractivity contribution in [2.24, 2.45) is 4.99 Å². The molecule has 0 bridgehead atoms. The lowest BCUT2D eigenvalue weighted by molar-refractivity contribution is -0.129. The standard InChI is InChI=1S/C27H25NO5/c1-18-9-10-19(2)24(15-18)32-14-13-31-23-12-11-20(17-25(23)30-3)16-22-27(29)33-26(28-22)21-7-5-4-6-8-21/h4-12,15-17H,13-14H2,1-3H3/b22-16+. The number of carbonyl (C=O) groups is 1. The molecule has 0 unspecified atom stereocenters. The molecule has 0 radical (unpaired) electrons. The average Bonchev–Trinajstić information content (AvgIpc) is 3.20. The van der Waals surface area contributed by atoms with Crippen molar-refractivity contribution in [1.29, 1.82) is 0 Å². The van der Waals surface area contributed by atoms with Crippen LogP contribution in [0.5, 0.6) is 17.2 Å². The van der Waals surface area contributed by atoms with Gasteiger partial charge < -0.3 is 18.9 Å². The van der Waals surface area contributed by atoms with Crippen LogP contribution in [0.2, 0.25) is 0 Å². The van der Waals surface area contributed by atoms with Crippen LogP contribution in [-0.4, -0.2) is 32.2 Å². The highest BCUT2D eigenvalue weighted by atomic mass is 16.6. The fraction of sp³-hybridized carbons (Fsp3) is 0.185. The highest BCUT2D eigenvalue weighted by Crippen LogP contribution is 2.30. The van der Waals surface area contributed by atoms with E-state index in [1.54, 1.807) is 25.3 Å². The van der Waals surface area contributed by atoms with Gasteiger partial charge in [-0.15, -0.1) is 0 Å². The van der Waals surface area contributed by atoms with E-state index in [0.29, 0.717) is 30.6 Å². The summed E-state index contributed by atoms with van der Waals surface area (Å²) in [7, 11) is 1.57. The van der Waals surface area contributed by atoms with Crippen LogP contribution in [0.3, 0.4) is 0 Å². The van der Waals surface area contributed by atoms with Crippen molar-refractivity contribution in [2.75, 3.05) is 20.3 Å². The maximum Gasteiger partial charge on any atom is 0.363 e. The number of hydrogen-bond acceptors (Lipinski definition) is 6. The molecule has 1 heterocycles. The fourth-order valence-corrected chi connectivity index (χ4v) is 3.33. The van der Waals surface area contributed by atoms with Gasteiger partial charge in [-0.1, -0.05) is 36.4 Å². The van der Waals surface area contributed by atoms with Crippen LogP contribution in [0.4, 0.5) is 0 Å². The van der Waals surface area contributed by atoms with Gasteiger partial charge in [0, 0.05) is 5.56 Å². The molecular formula is C27H25NO5. The van der Waals surface area contributed by atoms with Gasteiger partial charge in [0.1, 0.15) is 19.0 Å². The smallest absolute Gasteiger partial charge is 0.363 e. The third kappa shape index (κ3) is 5.41. The maximum absolute atomic E-state index is 12.2. The molecule has 1 aliphatic rings. The lowest BCUT2D eigenvalue weighted by atomic mass is 10.1. The number of carbonyl (C=O) groups excluding carboxylic acids is 1. The number of hydrogen-bond donors (Lipinski definition) is 0. The van der Waals surface area contributed by atoms with E-state index in [-0.39, 0.29) is 5.70 Å². The Labute approximate surface area is 193 Å². The molecule has 6 heteroatoms. The minimum Gasteiger partial charge on any atom is -0.493 e. The second kappa shape index (κ2) is 10.0. The Balaban J connectivity index is 1.42. The van der Waals surface area contributed by atoms with Crippen LogP contribution >= 0.6 is 0 Å². The number of benzene rings is 3. The first-order chi connectivity index (χ1) is 16.0. The molecule has 4 rings (SSSR count). The molecule has 3 aromatic carbocycles. The van der Waals surface area contributed by atoms with E-state index in [0.717, 1.165) is 28.0 Å². The van der Waals surface area contributed by atoms with E-state index in [9.17, 15) is 4.79 Å². The Morgan fingerprint density at radius 3 is 2.39 bits per heavy atom. The summed E-state index contributed by atoms with van der Waals surface area (Å²) in [5.74, 6) is 1.80. The van der Waals surface area contributed by atoms with E-state index in [2.05, 4.69) is 11.1 Å². The Bertz CT molecular complexity index is 1210. The van der Waals surface area contributed by atoms with E-state index < -0.39 is 5.97 Å². The van der Waals surface area contributed by atoms with Gasteiger partial charge in [0.05, 0.1) is 7.11 Å². The molecule has 0 amide bonds. The largest absolute Gasteiger partial charge is 0.493 e. The summed E-state index contributed by atoms with van der Waals surface area (Å²) in [5, 5.41) is 0. The first-order valence-corrected chi connectivity index (χ1v) is 10.6. The van der Waals surface area contributed by atoms with E-state index >= 15 is 0 Å². The molecule has 0 fully saturated rings. The Kier molecular flexibility index (Phi) is 6.74. The van der Waals surface area contributed by atoms with Gasteiger partial charge in [0.2, 0.25) is 5.90 Å². The van der Waals surface area contributed by atoms with Crippen LogP contribution in [0.25, 0.3) is 6.08 Å². The van der Waals surface area contributed by atoms with Crippen molar-refractivity contribution < 1.29 is 23.7 Å². The highest BCUT2D eigenvalue weighted by molar-refractivity contribution is 6.12. The van der Waals surface area contributed by atoms with E-state index in [1.807, 2.05) is 62.4 Å². The van der Waals surface area contributed by atoms with Crippen LogP contribution < -0.4 is 14.2 Å². The predicted molar refractivity (Wildman–Crippen MR) is 127 cm³/mol. The number of ether oxygens (including phenoxy) is 4. The van der Waals surface area contributed by atoms with Gasteiger partial charge in [0.15, 0.2) is 17.2 Å². The van der Waals surface area contributed by atoms with Crippen molar-refractivity contribution in [1.82, 2.24) is 0 Å². The lowest BCUT2D eigenvalue weighted by Gasteiger charge is -2.13. The SMILES string of the molecule is COc1cc(/C=C2/N=C(c3ccccc3)OC2=O)ccc1OCCOc1cc(C)ccc1C. The quantitative estimate of drug-likeness (QED) is 0.275. The van der Waals surface area contributed by atoms with Crippen LogP contribution in [0, 0.1) is 13.8 Å². The number of methoxy groups -OCH3 is 1. The van der Waals surface area contributed by atoms with Crippen LogP contribution in [0.15, 0.2) is 77.4 Å². The zero-order valence-corrected chi connectivity index (χ0v) is 18.8. The van der Waals surface area contributed by atoms with E-state index in [1.165, 1.54) is 0 Å². The van der Waals surface area contributed by atoms with Gasteiger partial charge in [-0.25, -0.2) is 9.79 Å². The van der Waals surface area contributed by atoms with E-state index in [4.69, 9.17) is 18.9 Å². The number of esters is 1. The molecule has 6 nitrogen and oxygen atoms in total. The van der Waals surface area contributed by atoms with Crippen molar-refractivity contribution >= 4 is 17.9 Å².